The van der Waals surface area contributed by atoms with Gasteiger partial charge in [-0.2, -0.15) is 4.98 Å². The molecule has 1 aliphatic carbocycles. The van der Waals surface area contributed by atoms with Crippen molar-refractivity contribution in [2.24, 2.45) is 0 Å². The largest absolute Gasteiger partial charge is 0.489 e. The van der Waals surface area contributed by atoms with E-state index in [-0.39, 0.29) is 5.78 Å². The summed E-state index contributed by atoms with van der Waals surface area (Å²) in [5.74, 6) is 2.37. The molecule has 1 N–H and O–H groups in total. The van der Waals surface area contributed by atoms with Crippen LogP contribution in [0.25, 0.3) is 0 Å². The monoisotopic (exact) mass is 544 g/mol. The molecule has 5 rings (SSSR count). The Bertz CT molecular complexity index is 1240. The SMILES string of the molecule is CCSc1nc2n(n1)C(c1cc(Br)ccc1OCc1ccc(Cl)cc1)C1=C(CCCC1=O)N2. The van der Waals surface area contributed by atoms with Gasteiger partial charge in [0.1, 0.15) is 18.4 Å². The van der Waals surface area contributed by atoms with E-state index < -0.39 is 6.04 Å². The summed E-state index contributed by atoms with van der Waals surface area (Å²) in [7, 11) is 0. The van der Waals surface area contributed by atoms with Crippen molar-refractivity contribution in [1.82, 2.24) is 14.8 Å². The van der Waals surface area contributed by atoms with Crippen LogP contribution in [0.15, 0.2) is 63.4 Å². The number of anilines is 1. The second-order valence-electron chi connectivity index (χ2n) is 7.89. The minimum Gasteiger partial charge on any atom is -0.489 e. The van der Waals surface area contributed by atoms with Gasteiger partial charge in [0.15, 0.2) is 5.78 Å². The van der Waals surface area contributed by atoms with Crippen LogP contribution >= 0.6 is 39.3 Å². The summed E-state index contributed by atoms with van der Waals surface area (Å²) in [6.07, 6.45) is 2.18. The molecule has 0 radical (unpaired) electrons. The third-order valence-electron chi connectivity index (χ3n) is 5.70. The number of nitrogens with one attached hydrogen (secondary N) is 1. The Labute approximate surface area is 209 Å². The predicted octanol–water partition coefficient (Wildman–Crippen LogP) is 6.41. The van der Waals surface area contributed by atoms with Crippen molar-refractivity contribution in [3.63, 3.8) is 0 Å². The number of hydrogen-bond acceptors (Lipinski definition) is 6. The number of ether oxygens (including phenoxy) is 1. The normalized spacial score (nSPS) is 17.4. The van der Waals surface area contributed by atoms with Crippen LogP contribution < -0.4 is 10.1 Å². The van der Waals surface area contributed by atoms with Gasteiger partial charge < -0.3 is 10.1 Å². The van der Waals surface area contributed by atoms with Gasteiger partial charge in [-0.25, -0.2) is 4.68 Å². The van der Waals surface area contributed by atoms with E-state index in [0.717, 1.165) is 45.5 Å². The van der Waals surface area contributed by atoms with E-state index in [2.05, 4.69) is 33.2 Å². The Morgan fingerprint density at radius 3 is 2.85 bits per heavy atom. The number of thioether (sulfide) groups is 1. The molecule has 1 unspecified atom stereocenters. The van der Waals surface area contributed by atoms with Gasteiger partial charge in [-0.15, -0.1) is 5.10 Å². The Balaban J connectivity index is 1.59. The van der Waals surface area contributed by atoms with E-state index in [9.17, 15) is 4.79 Å². The standard InChI is InChI=1S/C24H22BrClN4O2S/c1-2-33-24-28-23-27-18-4-3-5-19(31)21(18)22(30(23)29-24)17-12-15(25)8-11-20(17)32-13-14-6-9-16(26)10-7-14/h6-12,22H,2-5,13H2,1H3,(H,27,28,29). The highest BCUT2D eigenvalue weighted by atomic mass is 79.9. The van der Waals surface area contributed by atoms with Crippen LogP contribution in [0.3, 0.4) is 0 Å². The molecule has 6 nitrogen and oxygen atoms in total. The lowest BCUT2D eigenvalue weighted by Gasteiger charge is -2.33. The predicted molar refractivity (Wildman–Crippen MR) is 134 cm³/mol. The fourth-order valence-corrected chi connectivity index (χ4v) is 5.28. The molecule has 0 amide bonds. The molecule has 0 fully saturated rings. The first-order valence-electron chi connectivity index (χ1n) is 10.8. The third-order valence-corrected chi connectivity index (χ3v) is 7.16. The minimum absolute atomic E-state index is 0.142. The maximum atomic E-state index is 13.1. The Kier molecular flexibility index (Phi) is 6.49. The van der Waals surface area contributed by atoms with Crippen molar-refractivity contribution in [3.8, 4) is 5.75 Å². The number of rotatable bonds is 6. The van der Waals surface area contributed by atoms with Crippen LogP contribution in [0, 0.1) is 0 Å². The van der Waals surface area contributed by atoms with Gasteiger partial charge in [0.25, 0.3) is 0 Å². The van der Waals surface area contributed by atoms with Crippen molar-refractivity contribution in [1.29, 1.82) is 0 Å². The Morgan fingerprint density at radius 1 is 1.24 bits per heavy atom. The summed E-state index contributed by atoms with van der Waals surface area (Å²) in [4.78, 5) is 17.8. The number of nitrogens with zero attached hydrogens (tertiary/aromatic N) is 3. The summed E-state index contributed by atoms with van der Waals surface area (Å²) < 4.78 is 9.01. The first-order chi connectivity index (χ1) is 16.0. The molecule has 170 valence electrons. The zero-order chi connectivity index (χ0) is 22.9. The highest BCUT2D eigenvalue weighted by Crippen LogP contribution is 2.44. The van der Waals surface area contributed by atoms with Gasteiger partial charge >= 0.3 is 0 Å². The molecular formula is C24H22BrClN4O2S. The van der Waals surface area contributed by atoms with E-state index in [0.29, 0.717) is 34.9 Å². The average Bonchev–Trinajstić information content (AvgIpc) is 3.20. The van der Waals surface area contributed by atoms with Crippen molar-refractivity contribution in [2.75, 3.05) is 11.1 Å². The van der Waals surface area contributed by atoms with Crippen molar-refractivity contribution < 1.29 is 9.53 Å². The molecule has 1 aromatic heterocycles. The molecule has 0 saturated heterocycles. The van der Waals surface area contributed by atoms with Gasteiger partial charge in [-0.1, -0.05) is 58.3 Å². The summed E-state index contributed by atoms with van der Waals surface area (Å²) >= 11 is 11.2. The minimum atomic E-state index is -0.402. The number of hydrogen-bond donors (Lipinski definition) is 1. The number of carbonyl (C=O) groups excluding carboxylic acids is 1. The smallest absolute Gasteiger partial charge is 0.227 e. The third kappa shape index (κ3) is 4.56. The number of aromatic nitrogens is 3. The molecule has 0 bridgehead atoms. The fraction of sp³-hybridized carbons (Fsp3) is 0.292. The molecular weight excluding hydrogens is 524 g/mol. The molecule has 1 atom stereocenters. The zero-order valence-electron chi connectivity index (χ0n) is 18.0. The highest BCUT2D eigenvalue weighted by molar-refractivity contribution is 9.10. The van der Waals surface area contributed by atoms with Crippen molar-refractivity contribution in [2.45, 2.75) is 44.0 Å². The van der Waals surface area contributed by atoms with Crippen LogP contribution in [0.1, 0.15) is 43.4 Å². The number of halogens is 2. The first-order valence-corrected chi connectivity index (χ1v) is 13.0. The van der Waals surface area contributed by atoms with Crippen LogP contribution in [0.2, 0.25) is 5.02 Å². The van der Waals surface area contributed by atoms with E-state index in [1.54, 1.807) is 11.8 Å². The zero-order valence-corrected chi connectivity index (χ0v) is 21.1. The molecule has 2 aliphatic rings. The quantitative estimate of drug-likeness (QED) is 0.361. The number of ketones is 1. The maximum Gasteiger partial charge on any atom is 0.227 e. The molecule has 2 aromatic carbocycles. The van der Waals surface area contributed by atoms with Crippen molar-refractivity contribution >= 4 is 51.0 Å². The van der Waals surface area contributed by atoms with E-state index in [4.69, 9.17) is 21.4 Å². The summed E-state index contributed by atoms with van der Waals surface area (Å²) in [5, 5.41) is 9.51. The molecule has 2 heterocycles. The number of benzene rings is 2. The highest BCUT2D eigenvalue weighted by Gasteiger charge is 2.38. The lowest BCUT2D eigenvalue weighted by atomic mass is 9.85. The van der Waals surface area contributed by atoms with Crippen LogP contribution in [-0.4, -0.2) is 26.3 Å². The Morgan fingerprint density at radius 2 is 2.06 bits per heavy atom. The summed E-state index contributed by atoms with van der Waals surface area (Å²) in [5.41, 5.74) is 3.58. The van der Waals surface area contributed by atoms with Gasteiger partial charge in [-0.3, -0.25) is 4.79 Å². The van der Waals surface area contributed by atoms with Gasteiger partial charge in [0.05, 0.1) is 0 Å². The number of fused-ring (bicyclic) bond motifs is 1. The van der Waals surface area contributed by atoms with E-state index in [1.807, 2.05) is 47.1 Å². The fourth-order valence-electron chi connectivity index (χ4n) is 4.22. The van der Waals surface area contributed by atoms with E-state index in [1.165, 1.54) is 0 Å². The van der Waals surface area contributed by atoms with Gasteiger partial charge in [0, 0.05) is 32.7 Å². The van der Waals surface area contributed by atoms with E-state index >= 15 is 0 Å². The van der Waals surface area contributed by atoms with Crippen LogP contribution in [0.5, 0.6) is 5.75 Å². The van der Waals surface area contributed by atoms with Crippen LogP contribution in [0.4, 0.5) is 5.95 Å². The molecule has 0 saturated carbocycles. The topological polar surface area (TPSA) is 69.0 Å². The average molecular weight is 546 g/mol. The lowest BCUT2D eigenvalue weighted by molar-refractivity contribution is -0.116. The molecule has 3 aromatic rings. The van der Waals surface area contributed by atoms with Gasteiger partial charge in [0.2, 0.25) is 11.1 Å². The molecule has 9 heteroatoms. The summed E-state index contributed by atoms with van der Waals surface area (Å²) in [6.45, 7) is 2.46. The summed E-state index contributed by atoms with van der Waals surface area (Å²) in [6, 6.07) is 13.1. The number of allylic oxidation sites excluding steroid dienone is 2. The van der Waals surface area contributed by atoms with Gasteiger partial charge in [-0.05, 0) is 54.5 Å². The number of carbonyl (C=O) groups is 1. The molecule has 0 spiro atoms. The molecule has 1 aliphatic heterocycles. The second kappa shape index (κ2) is 9.52. The second-order valence-corrected chi connectivity index (χ2v) is 10.5. The molecule has 33 heavy (non-hydrogen) atoms. The maximum absolute atomic E-state index is 13.1. The van der Waals surface area contributed by atoms with Crippen LogP contribution in [-0.2, 0) is 11.4 Å². The Hall–Kier alpha value is -2.29. The first kappa shape index (κ1) is 22.5. The lowest BCUT2D eigenvalue weighted by Crippen LogP contribution is -2.31. The number of Topliss-reactive ketones (excluding diaryl/α,β-unsaturated/α-hetero) is 1. The van der Waals surface area contributed by atoms with Crippen molar-refractivity contribution in [3.05, 3.63) is 74.4 Å².